The van der Waals surface area contributed by atoms with E-state index in [1.165, 1.54) is 0 Å². The van der Waals surface area contributed by atoms with Gasteiger partial charge in [-0.2, -0.15) is 0 Å². The molecule has 0 radical (unpaired) electrons. The highest BCUT2D eigenvalue weighted by atomic mass is 35.5. The van der Waals surface area contributed by atoms with Crippen LogP contribution in [0.5, 0.6) is 0 Å². The Kier molecular flexibility index (Phi) is 7.74. The van der Waals surface area contributed by atoms with E-state index in [0.29, 0.717) is 13.0 Å². The first-order chi connectivity index (χ1) is 6.70. The van der Waals surface area contributed by atoms with E-state index in [0.717, 1.165) is 25.9 Å². The fourth-order valence-corrected chi connectivity index (χ4v) is 1.62. The Hall–Kier alpha value is -0.320. The number of amides is 1. The first kappa shape index (κ1) is 14.7. The van der Waals surface area contributed by atoms with Crippen LogP contribution in [0.4, 0.5) is 0 Å². The summed E-state index contributed by atoms with van der Waals surface area (Å²) in [6, 6.07) is 0. The summed E-state index contributed by atoms with van der Waals surface area (Å²) in [4.78, 5) is 11.5. The van der Waals surface area contributed by atoms with Crippen LogP contribution < -0.4 is 10.6 Å². The van der Waals surface area contributed by atoms with E-state index in [9.17, 15) is 4.79 Å². The molecule has 0 aromatic rings. The number of hydrogen-bond acceptors (Lipinski definition) is 3. The predicted molar refractivity (Wildman–Crippen MR) is 62.1 cm³/mol. The minimum Gasteiger partial charge on any atom is -0.393 e. The molecule has 1 rings (SSSR count). The predicted octanol–water partition coefficient (Wildman–Crippen LogP) is 0.295. The molecule has 1 aliphatic heterocycles. The summed E-state index contributed by atoms with van der Waals surface area (Å²) in [7, 11) is 0. The Balaban J connectivity index is 0.00000196. The molecule has 2 atom stereocenters. The molecule has 0 spiro atoms. The summed E-state index contributed by atoms with van der Waals surface area (Å²) in [5, 5.41) is 15.1. The molecule has 0 aromatic heterocycles. The maximum Gasteiger partial charge on any atom is 0.224 e. The third kappa shape index (κ3) is 5.97. The number of hydrogen-bond donors (Lipinski definition) is 3. The number of aliphatic hydroxyl groups excluding tert-OH is 1. The van der Waals surface area contributed by atoms with E-state index in [1.807, 2.05) is 0 Å². The molecule has 0 saturated carbocycles. The average Bonchev–Trinajstić information content (AvgIpc) is 2.18. The summed E-state index contributed by atoms with van der Waals surface area (Å²) in [6.07, 6.45) is 2.35. The quantitative estimate of drug-likeness (QED) is 0.658. The molecule has 1 amide bonds. The molecule has 4 nitrogen and oxygen atoms in total. The van der Waals surface area contributed by atoms with Crippen molar-refractivity contribution in [2.75, 3.05) is 19.6 Å². The van der Waals surface area contributed by atoms with Crippen LogP contribution in [0, 0.1) is 5.92 Å². The Morgan fingerprint density at radius 3 is 2.93 bits per heavy atom. The third-order valence-electron chi connectivity index (χ3n) is 2.53. The molecule has 0 bridgehead atoms. The van der Waals surface area contributed by atoms with Gasteiger partial charge in [-0.1, -0.05) is 0 Å². The van der Waals surface area contributed by atoms with Crippen molar-refractivity contribution in [3.05, 3.63) is 0 Å². The molecule has 0 aromatic carbocycles. The summed E-state index contributed by atoms with van der Waals surface area (Å²) in [5.41, 5.74) is 0. The molecule has 90 valence electrons. The van der Waals surface area contributed by atoms with Gasteiger partial charge in [0.2, 0.25) is 5.91 Å². The molecule has 1 fully saturated rings. The van der Waals surface area contributed by atoms with Crippen LogP contribution in [-0.4, -0.2) is 36.8 Å². The summed E-state index contributed by atoms with van der Waals surface area (Å²) in [6.45, 7) is 4.12. The molecule has 1 saturated heterocycles. The Morgan fingerprint density at radius 2 is 2.40 bits per heavy atom. The van der Waals surface area contributed by atoms with Gasteiger partial charge in [0, 0.05) is 13.1 Å². The molecule has 3 N–H and O–H groups in total. The van der Waals surface area contributed by atoms with Crippen LogP contribution in [-0.2, 0) is 4.79 Å². The lowest BCUT2D eigenvalue weighted by atomic mass is 9.99. The standard InChI is InChI=1S/C10H20N2O2.ClH/c1-8(13)4-6-12-10(14)9-3-2-5-11-7-9;/h8-9,11,13H,2-7H2,1H3,(H,12,14);1H. The fraction of sp³-hybridized carbons (Fsp3) is 0.900. The summed E-state index contributed by atoms with van der Waals surface area (Å²) < 4.78 is 0. The highest BCUT2D eigenvalue weighted by Gasteiger charge is 2.20. The zero-order chi connectivity index (χ0) is 10.4. The SMILES string of the molecule is CC(O)CCNC(=O)C1CCCNC1.Cl. The molecule has 5 heteroatoms. The molecule has 15 heavy (non-hydrogen) atoms. The van der Waals surface area contributed by atoms with Crippen molar-refractivity contribution in [3.63, 3.8) is 0 Å². The van der Waals surface area contributed by atoms with Gasteiger partial charge in [-0.3, -0.25) is 4.79 Å². The van der Waals surface area contributed by atoms with Gasteiger partial charge >= 0.3 is 0 Å². The number of rotatable bonds is 4. The van der Waals surface area contributed by atoms with Crippen LogP contribution in [0.1, 0.15) is 26.2 Å². The number of halogens is 1. The van der Waals surface area contributed by atoms with E-state index in [4.69, 9.17) is 5.11 Å². The minimum absolute atomic E-state index is 0. The van der Waals surface area contributed by atoms with Crippen molar-refractivity contribution in [2.45, 2.75) is 32.3 Å². The lowest BCUT2D eigenvalue weighted by Gasteiger charge is -2.21. The van der Waals surface area contributed by atoms with Crippen LogP contribution in [0.25, 0.3) is 0 Å². The molecule has 1 heterocycles. The number of nitrogens with one attached hydrogen (secondary N) is 2. The average molecular weight is 237 g/mol. The number of carbonyl (C=O) groups is 1. The van der Waals surface area contributed by atoms with Gasteiger partial charge < -0.3 is 15.7 Å². The van der Waals surface area contributed by atoms with Crippen LogP contribution in [0.3, 0.4) is 0 Å². The zero-order valence-corrected chi connectivity index (χ0v) is 9.98. The maximum atomic E-state index is 11.5. The monoisotopic (exact) mass is 236 g/mol. The first-order valence-electron chi connectivity index (χ1n) is 5.36. The largest absolute Gasteiger partial charge is 0.393 e. The highest BCUT2D eigenvalue weighted by Crippen LogP contribution is 2.09. The van der Waals surface area contributed by atoms with Crippen molar-refractivity contribution >= 4 is 18.3 Å². The van der Waals surface area contributed by atoms with Crippen LogP contribution >= 0.6 is 12.4 Å². The summed E-state index contributed by atoms with van der Waals surface area (Å²) in [5.74, 6) is 0.246. The number of aliphatic hydroxyl groups is 1. The topological polar surface area (TPSA) is 61.4 Å². The van der Waals surface area contributed by atoms with Gasteiger partial charge in [-0.15, -0.1) is 12.4 Å². The molecule has 0 aliphatic carbocycles. The minimum atomic E-state index is -0.334. The van der Waals surface area contributed by atoms with E-state index in [2.05, 4.69) is 10.6 Å². The fourth-order valence-electron chi connectivity index (χ4n) is 1.62. The first-order valence-corrected chi connectivity index (χ1v) is 5.36. The maximum absolute atomic E-state index is 11.5. The van der Waals surface area contributed by atoms with Gasteiger partial charge in [0.25, 0.3) is 0 Å². The summed E-state index contributed by atoms with van der Waals surface area (Å²) >= 11 is 0. The molecule has 1 aliphatic rings. The van der Waals surface area contributed by atoms with E-state index in [-0.39, 0.29) is 30.3 Å². The van der Waals surface area contributed by atoms with Crippen molar-refractivity contribution in [1.82, 2.24) is 10.6 Å². The van der Waals surface area contributed by atoms with Crippen molar-refractivity contribution in [3.8, 4) is 0 Å². The lowest BCUT2D eigenvalue weighted by Crippen LogP contribution is -2.41. The third-order valence-corrected chi connectivity index (χ3v) is 2.53. The second-order valence-electron chi connectivity index (χ2n) is 3.97. The Morgan fingerprint density at radius 1 is 1.67 bits per heavy atom. The van der Waals surface area contributed by atoms with Gasteiger partial charge in [0.05, 0.1) is 12.0 Å². The zero-order valence-electron chi connectivity index (χ0n) is 9.16. The van der Waals surface area contributed by atoms with E-state index >= 15 is 0 Å². The Bertz CT molecular complexity index is 182. The smallest absolute Gasteiger partial charge is 0.224 e. The number of piperidine rings is 1. The van der Waals surface area contributed by atoms with Gasteiger partial charge in [0.15, 0.2) is 0 Å². The van der Waals surface area contributed by atoms with Gasteiger partial charge in [-0.05, 0) is 32.7 Å². The van der Waals surface area contributed by atoms with E-state index in [1.54, 1.807) is 6.92 Å². The molecular formula is C10H21ClN2O2. The highest BCUT2D eigenvalue weighted by molar-refractivity contribution is 5.85. The van der Waals surface area contributed by atoms with Gasteiger partial charge in [-0.25, -0.2) is 0 Å². The molecule has 2 unspecified atom stereocenters. The van der Waals surface area contributed by atoms with Crippen LogP contribution in [0.15, 0.2) is 0 Å². The number of carbonyl (C=O) groups excluding carboxylic acids is 1. The molecular weight excluding hydrogens is 216 g/mol. The van der Waals surface area contributed by atoms with Crippen molar-refractivity contribution in [1.29, 1.82) is 0 Å². The van der Waals surface area contributed by atoms with Crippen molar-refractivity contribution in [2.24, 2.45) is 5.92 Å². The second kappa shape index (κ2) is 7.91. The van der Waals surface area contributed by atoms with Gasteiger partial charge in [0.1, 0.15) is 0 Å². The lowest BCUT2D eigenvalue weighted by molar-refractivity contribution is -0.125. The van der Waals surface area contributed by atoms with Crippen molar-refractivity contribution < 1.29 is 9.90 Å². The normalized spacial score (nSPS) is 22.7. The Labute approximate surface area is 97.2 Å². The van der Waals surface area contributed by atoms with Crippen LogP contribution in [0.2, 0.25) is 0 Å². The second-order valence-corrected chi connectivity index (χ2v) is 3.97. The van der Waals surface area contributed by atoms with E-state index < -0.39 is 0 Å².